The molecule has 1 heterocycles. The van der Waals surface area contributed by atoms with Gasteiger partial charge in [-0.2, -0.15) is 0 Å². The van der Waals surface area contributed by atoms with E-state index >= 15 is 0 Å². The van der Waals surface area contributed by atoms with Gasteiger partial charge in [0.05, 0.1) is 25.7 Å². The van der Waals surface area contributed by atoms with Crippen LogP contribution in [0.2, 0.25) is 30.1 Å². The zero-order chi connectivity index (χ0) is 25.9. The van der Waals surface area contributed by atoms with Crippen LogP contribution in [0.25, 0.3) is 33.4 Å². The number of benzene rings is 3. The highest BCUT2D eigenvalue weighted by molar-refractivity contribution is 6.43. The largest absolute Gasteiger partial charge is 0.478 e. The van der Waals surface area contributed by atoms with E-state index in [1.54, 1.807) is 19.1 Å². The molecule has 0 radical (unpaired) electrons. The van der Waals surface area contributed by atoms with E-state index in [0.29, 0.717) is 28.0 Å². The van der Waals surface area contributed by atoms with Crippen LogP contribution in [0, 0.1) is 12.8 Å². The lowest BCUT2D eigenvalue weighted by Crippen LogP contribution is -2.09. The summed E-state index contributed by atoms with van der Waals surface area (Å²) in [5.41, 5.74) is 1.10. The molecule has 0 unspecified atom stereocenters. The lowest BCUT2D eigenvalue weighted by Gasteiger charge is -2.22. The van der Waals surface area contributed by atoms with Gasteiger partial charge in [-0.1, -0.05) is 83.5 Å². The zero-order valence-corrected chi connectivity index (χ0v) is 23.0. The number of halogens is 6. The van der Waals surface area contributed by atoms with Crippen LogP contribution in [0.15, 0.2) is 27.4 Å². The molecular weight excluding hydrogens is 577 g/mol. The van der Waals surface area contributed by atoms with E-state index in [9.17, 15) is 14.7 Å². The Bertz CT molecular complexity index is 1570. The van der Waals surface area contributed by atoms with Crippen LogP contribution < -0.4 is 5.43 Å². The average Bonchev–Trinajstić information content (AvgIpc) is 2.77. The van der Waals surface area contributed by atoms with Gasteiger partial charge < -0.3 is 9.52 Å². The molecule has 0 saturated heterocycles. The summed E-state index contributed by atoms with van der Waals surface area (Å²) in [7, 11) is 0. The molecule has 182 valence electrons. The fraction of sp³-hybridized carbons (Fsp3) is 0.200. The Morgan fingerprint density at radius 2 is 1.57 bits per heavy atom. The Kier molecular flexibility index (Phi) is 7.29. The van der Waals surface area contributed by atoms with Crippen molar-refractivity contribution in [2.75, 3.05) is 0 Å². The molecule has 2 aromatic rings. The summed E-state index contributed by atoms with van der Waals surface area (Å²) in [4.78, 5) is 25.0. The minimum Gasteiger partial charge on any atom is -0.478 e. The molecule has 4 nitrogen and oxygen atoms in total. The Hall–Kier alpha value is -1.66. The molecule has 0 spiro atoms. The van der Waals surface area contributed by atoms with Crippen molar-refractivity contribution >= 4 is 86.5 Å². The third kappa shape index (κ3) is 4.39. The van der Waals surface area contributed by atoms with Gasteiger partial charge in [-0.05, 0) is 48.6 Å². The Balaban J connectivity index is 2.36. The third-order valence-corrected chi connectivity index (χ3v) is 7.86. The number of hydrogen-bond donors (Lipinski definition) is 1. The fourth-order valence-electron chi connectivity index (χ4n) is 4.08. The third-order valence-electron chi connectivity index (χ3n) is 5.66. The highest BCUT2D eigenvalue weighted by Gasteiger charge is 2.31. The molecule has 1 aliphatic carbocycles. The SMILES string of the molecule is Cc1c(Cl)cc2c(-c3c(Cl)c(CC(C)C)cc(Cl)c3C(=O)O)c3cc(Cl)c(=O)c(Cl)c-3oc2c1Cl. The summed E-state index contributed by atoms with van der Waals surface area (Å²) in [6.07, 6.45) is 0.533. The van der Waals surface area contributed by atoms with Crippen LogP contribution in [0.3, 0.4) is 0 Å². The van der Waals surface area contributed by atoms with E-state index < -0.39 is 11.4 Å². The fourth-order valence-corrected chi connectivity index (χ4v) is 5.69. The minimum absolute atomic E-state index is 0.00316. The maximum atomic E-state index is 12.5. The van der Waals surface area contributed by atoms with Gasteiger partial charge in [-0.3, -0.25) is 4.79 Å². The molecule has 0 bridgehead atoms. The summed E-state index contributed by atoms with van der Waals surface area (Å²) in [5.74, 6) is -1.12. The van der Waals surface area contributed by atoms with Crippen LogP contribution in [0.4, 0.5) is 0 Å². The Labute approximate surface area is 230 Å². The standard InChI is InChI=1S/C25H16Cl6O4/c1-8(2)4-10-5-14(27)17(25(33)34)18(20(10)30)16-11-6-13(26)9(3)19(29)23(11)35-24-12(16)7-15(28)22(32)21(24)31/h5-8H,4H2,1-3H3,(H,33,34). The highest BCUT2D eigenvalue weighted by Crippen LogP contribution is 2.50. The number of aromatic carboxylic acids is 1. The quantitative estimate of drug-likeness (QED) is 0.240. The van der Waals surface area contributed by atoms with Gasteiger partial charge in [0, 0.05) is 27.1 Å². The predicted octanol–water partition coefficient (Wildman–Crippen LogP) is 9.69. The molecule has 0 aromatic heterocycles. The first-order valence-electron chi connectivity index (χ1n) is 10.3. The van der Waals surface area contributed by atoms with E-state index in [-0.39, 0.29) is 64.6 Å². The monoisotopic (exact) mass is 590 g/mol. The molecule has 0 saturated carbocycles. The van der Waals surface area contributed by atoms with Crippen molar-refractivity contribution < 1.29 is 14.3 Å². The second-order valence-corrected chi connectivity index (χ2v) is 10.9. The van der Waals surface area contributed by atoms with Crippen molar-refractivity contribution in [1.82, 2.24) is 0 Å². The number of carboxylic acid groups (broad SMARTS) is 1. The van der Waals surface area contributed by atoms with Crippen molar-refractivity contribution in [3.05, 3.63) is 75.2 Å². The van der Waals surface area contributed by atoms with E-state index in [2.05, 4.69) is 0 Å². The van der Waals surface area contributed by atoms with Gasteiger partial charge in [0.1, 0.15) is 5.02 Å². The van der Waals surface area contributed by atoms with Gasteiger partial charge in [0.2, 0.25) is 5.43 Å². The van der Waals surface area contributed by atoms with Crippen LogP contribution in [-0.4, -0.2) is 11.1 Å². The van der Waals surface area contributed by atoms with Crippen molar-refractivity contribution in [1.29, 1.82) is 0 Å². The van der Waals surface area contributed by atoms with Crippen LogP contribution in [0.5, 0.6) is 0 Å². The lowest BCUT2D eigenvalue weighted by atomic mass is 9.88. The van der Waals surface area contributed by atoms with E-state index in [1.807, 2.05) is 13.8 Å². The highest BCUT2D eigenvalue weighted by atomic mass is 35.5. The summed E-state index contributed by atoms with van der Waals surface area (Å²) >= 11 is 39.0. The summed E-state index contributed by atoms with van der Waals surface area (Å²) in [5, 5.41) is 10.7. The van der Waals surface area contributed by atoms with Crippen molar-refractivity contribution in [3.63, 3.8) is 0 Å². The first-order valence-corrected chi connectivity index (χ1v) is 12.6. The first kappa shape index (κ1) is 26.4. The first-order chi connectivity index (χ1) is 16.3. The average molecular weight is 593 g/mol. The summed E-state index contributed by atoms with van der Waals surface area (Å²) in [6, 6.07) is 4.50. The number of rotatable bonds is 4. The maximum Gasteiger partial charge on any atom is 0.337 e. The van der Waals surface area contributed by atoms with Gasteiger partial charge in [0.25, 0.3) is 0 Å². The van der Waals surface area contributed by atoms with Crippen molar-refractivity contribution in [2.24, 2.45) is 5.92 Å². The van der Waals surface area contributed by atoms with Gasteiger partial charge in [-0.15, -0.1) is 0 Å². The second kappa shape index (κ2) is 9.66. The summed E-state index contributed by atoms with van der Waals surface area (Å²) in [6.45, 7) is 5.69. The molecule has 0 fully saturated rings. The topological polar surface area (TPSA) is 67.5 Å². The molecule has 0 atom stereocenters. The zero-order valence-electron chi connectivity index (χ0n) is 18.5. The van der Waals surface area contributed by atoms with Crippen molar-refractivity contribution in [2.45, 2.75) is 27.2 Å². The van der Waals surface area contributed by atoms with Gasteiger partial charge in [-0.25, -0.2) is 4.79 Å². The van der Waals surface area contributed by atoms with Crippen molar-refractivity contribution in [3.8, 4) is 22.5 Å². The predicted molar refractivity (Wildman–Crippen MR) is 145 cm³/mol. The molecule has 1 N–H and O–H groups in total. The number of fused-ring (bicyclic) bond motifs is 2. The van der Waals surface area contributed by atoms with Gasteiger partial charge >= 0.3 is 5.97 Å². The Morgan fingerprint density at radius 3 is 2.17 bits per heavy atom. The molecule has 4 rings (SSSR count). The maximum absolute atomic E-state index is 12.5. The molecule has 2 aliphatic rings. The molecular formula is C25H16Cl6O4. The van der Waals surface area contributed by atoms with E-state index in [0.717, 1.165) is 0 Å². The van der Waals surface area contributed by atoms with Crippen LogP contribution in [0.1, 0.15) is 35.3 Å². The number of carbonyl (C=O) groups is 1. The second-order valence-electron chi connectivity index (χ2n) is 8.51. The summed E-state index contributed by atoms with van der Waals surface area (Å²) < 4.78 is 6.00. The van der Waals surface area contributed by atoms with Crippen LogP contribution >= 0.6 is 69.6 Å². The number of carboxylic acids is 1. The van der Waals surface area contributed by atoms with Gasteiger partial charge in [0.15, 0.2) is 11.3 Å². The lowest BCUT2D eigenvalue weighted by molar-refractivity contribution is 0.0698. The number of hydrogen-bond acceptors (Lipinski definition) is 3. The normalized spacial score (nSPS) is 11.7. The Morgan fingerprint density at radius 1 is 0.914 bits per heavy atom. The molecule has 1 aliphatic heterocycles. The minimum atomic E-state index is -1.30. The molecule has 10 heteroatoms. The molecule has 2 aromatic carbocycles. The molecule has 35 heavy (non-hydrogen) atoms. The van der Waals surface area contributed by atoms with E-state index in [4.69, 9.17) is 74.0 Å². The van der Waals surface area contributed by atoms with E-state index in [1.165, 1.54) is 6.07 Å². The van der Waals surface area contributed by atoms with Crippen LogP contribution in [-0.2, 0) is 6.42 Å². The smallest absolute Gasteiger partial charge is 0.337 e. The molecule has 0 amide bonds.